The second kappa shape index (κ2) is 8.82. The minimum Gasteiger partial charge on any atom is -0.456 e. The molecule has 0 amide bonds. The molecule has 0 spiro atoms. The third-order valence-corrected chi connectivity index (χ3v) is 11.1. The van der Waals surface area contributed by atoms with E-state index in [0.717, 1.165) is 98.6 Å². The maximum Gasteiger partial charge on any atom is 0.235 e. The Balaban J connectivity index is 1.34. The average molecular weight is 632 g/mol. The first-order valence-electron chi connectivity index (χ1n) is 16.0. The molecule has 48 heavy (non-hydrogen) atoms. The van der Waals surface area contributed by atoms with Crippen LogP contribution in [0.15, 0.2) is 146 Å². The van der Waals surface area contributed by atoms with Gasteiger partial charge in [0.15, 0.2) is 5.58 Å². The average Bonchev–Trinajstić information content (AvgIpc) is 3.81. The molecule has 0 unspecified atom stereocenters. The van der Waals surface area contributed by atoms with Gasteiger partial charge < -0.3 is 8.83 Å². The maximum atomic E-state index is 6.92. The summed E-state index contributed by atoms with van der Waals surface area (Å²) in [6, 6.07) is 44.4. The van der Waals surface area contributed by atoms with Crippen molar-refractivity contribution >= 4 is 99.1 Å². The van der Waals surface area contributed by atoms with Gasteiger partial charge in [0, 0.05) is 58.4 Å². The Bertz CT molecular complexity index is 3220. The van der Waals surface area contributed by atoms with Gasteiger partial charge in [0.05, 0.1) is 16.7 Å². The van der Waals surface area contributed by atoms with Crippen LogP contribution in [0.4, 0.5) is 0 Å². The molecule has 12 rings (SSSR count). The van der Waals surface area contributed by atoms with E-state index in [4.69, 9.17) is 18.8 Å². The molecular formula is C42H21N3O2S. The number of para-hydroxylation sites is 3. The fraction of sp³-hybridized carbons (Fsp3) is 0. The van der Waals surface area contributed by atoms with E-state index < -0.39 is 0 Å². The van der Waals surface area contributed by atoms with Crippen LogP contribution in [0.3, 0.4) is 0 Å². The molecule has 0 saturated heterocycles. The van der Waals surface area contributed by atoms with E-state index in [1.807, 2.05) is 18.2 Å². The summed E-state index contributed by atoms with van der Waals surface area (Å²) in [5.41, 5.74) is 8.39. The molecule has 0 fully saturated rings. The molecule has 5 heterocycles. The number of nitrogens with zero attached hydrogens (tertiary/aromatic N) is 3. The molecule has 7 aromatic carbocycles. The highest BCUT2D eigenvalue weighted by atomic mass is 32.2. The van der Waals surface area contributed by atoms with Crippen molar-refractivity contribution in [1.82, 2.24) is 14.5 Å². The lowest BCUT2D eigenvalue weighted by Gasteiger charge is -2.20. The number of fused-ring (bicyclic) bond motifs is 16. The number of hydrogen-bond acceptors (Lipinski definition) is 5. The highest BCUT2D eigenvalue weighted by molar-refractivity contribution is 7.99. The van der Waals surface area contributed by atoms with Gasteiger partial charge in [-0.1, -0.05) is 90.6 Å². The Morgan fingerprint density at radius 1 is 0.479 bits per heavy atom. The second-order valence-electron chi connectivity index (χ2n) is 12.5. The highest BCUT2D eigenvalue weighted by Crippen LogP contribution is 2.50. The van der Waals surface area contributed by atoms with Crippen LogP contribution in [0, 0.1) is 0 Å². The largest absolute Gasteiger partial charge is 0.456 e. The Hall–Kier alpha value is -6.11. The first kappa shape index (κ1) is 25.0. The summed E-state index contributed by atoms with van der Waals surface area (Å²) in [5.74, 6) is 0.624. The molecule has 5 nitrogen and oxygen atoms in total. The topological polar surface area (TPSA) is 57.0 Å². The van der Waals surface area contributed by atoms with Crippen LogP contribution in [0.2, 0.25) is 0 Å². The molecule has 222 valence electrons. The van der Waals surface area contributed by atoms with Crippen LogP contribution in [-0.4, -0.2) is 14.5 Å². The van der Waals surface area contributed by atoms with E-state index in [9.17, 15) is 0 Å². The molecule has 11 aromatic rings. The molecular weight excluding hydrogens is 611 g/mol. The summed E-state index contributed by atoms with van der Waals surface area (Å²) in [7, 11) is 0. The van der Waals surface area contributed by atoms with E-state index in [2.05, 4.69) is 114 Å². The maximum absolute atomic E-state index is 6.92. The SMILES string of the molecule is c1ccc2c(c1)Sc1cccc3nc(-n4c5ccccc5c5c6ccc7oc8ccccc8c7c6c6c7ccccc7oc6c54)nc-2c13. The van der Waals surface area contributed by atoms with Crippen LogP contribution < -0.4 is 0 Å². The standard InChI is InChI=1S/C42H21N3O2S/c1-5-15-28-22(10-1)34-26-20-21-31-35(23-11-2-6-16-29(23)46-31)36(26)37-24-12-3-7-17-30(24)47-41(37)40(34)45(28)42-43-27-14-9-19-33-38(27)39(44-42)25-13-4-8-18-32(25)48-33/h1-21H. The summed E-state index contributed by atoms with van der Waals surface area (Å²) in [5, 5.41) is 9.94. The van der Waals surface area contributed by atoms with Gasteiger partial charge in [-0.3, -0.25) is 4.57 Å². The molecule has 0 N–H and O–H groups in total. The number of aromatic nitrogens is 3. The zero-order chi connectivity index (χ0) is 31.1. The van der Waals surface area contributed by atoms with Gasteiger partial charge in [0.2, 0.25) is 5.95 Å². The van der Waals surface area contributed by atoms with E-state index in [1.54, 1.807) is 11.8 Å². The van der Waals surface area contributed by atoms with Crippen LogP contribution in [0.5, 0.6) is 0 Å². The second-order valence-corrected chi connectivity index (χ2v) is 13.5. The van der Waals surface area contributed by atoms with Gasteiger partial charge in [-0.05, 0) is 53.9 Å². The lowest BCUT2D eigenvalue weighted by molar-refractivity contribution is 0.669. The van der Waals surface area contributed by atoms with Crippen molar-refractivity contribution in [2.24, 2.45) is 0 Å². The van der Waals surface area contributed by atoms with Crippen LogP contribution >= 0.6 is 11.8 Å². The normalized spacial score (nSPS) is 12.9. The van der Waals surface area contributed by atoms with Crippen molar-refractivity contribution in [1.29, 1.82) is 0 Å². The summed E-state index contributed by atoms with van der Waals surface area (Å²) in [6.07, 6.45) is 0. The van der Waals surface area contributed by atoms with Crippen molar-refractivity contribution in [3.63, 3.8) is 0 Å². The third-order valence-electron chi connectivity index (χ3n) is 9.98. The molecule has 0 saturated carbocycles. The zero-order valence-corrected chi connectivity index (χ0v) is 26.0. The lowest BCUT2D eigenvalue weighted by Crippen LogP contribution is -2.05. The number of hydrogen-bond donors (Lipinski definition) is 0. The predicted octanol–water partition coefficient (Wildman–Crippen LogP) is 11.8. The molecule has 0 bridgehead atoms. The van der Waals surface area contributed by atoms with Crippen molar-refractivity contribution in [3.8, 4) is 17.2 Å². The minimum absolute atomic E-state index is 0.624. The highest BCUT2D eigenvalue weighted by Gasteiger charge is 2.28. The van der Waals surface area contributed by atoms with Crippen molar-refractivity contribution in [2.45, 2.75) is 9.79 Å². The van der Waals surface area contributed by atoms with Crippen molar-refractivity contribution in [3.05, 3.63) is 127 Å². The first-order valence-corrected chi connectivity index (χ1v) is 16.8. The molecule has 1 aliphatic rings. The molecule has 1 aliphatic heterocycles. The Labute approximate surface area is 276 Å². The van der Waals surface area contributed by atoms with E-state index in [0.29, 0.717) is 5.95 Å². The quantitative estimate of drug-likeness (QED) is 0.180. The van der Waals surface area contributed by atoms with Crippen molar-refractivity contribution in [2.75, 3.05) is 0 Å². The van der Waals surface area contributed by atoms with Crippen LogP contribution in [0.1, 0.15) is 0 Å². The van der Waals surface area contributed by atoms with Gasteiger partial charge in [0.1, 0.15) is 22.3 Å². The van der Waals surface area contributed by atoms with Gasteiger partial charge in [-0.15, -0.1) is 0 Å². The smallest absolute Gasteiger partial charge is 0.235 e. The summed E-state index contributed by atoms with van der Waals surface area (Å²) < 4.78 is 15.6. The van der Waals surface area contributed by atoms with Gasteiger partial charge in [-0.25, -0.2) is 9.97 Å². The van der Waals surface area contributed by atoms with Crippen LogP contribution in [-0.2, 0) is 0 Å². The fourth-order valence-corrected chi connectivity index (χ4v) is 9.18. The summed E-state index contributed by atoms with van der Waals surface area (Å²) in [6.45, 7) is 0. The predicted molar refractivity (Wildman–Crippen MR) is 195 cm³/mol. The van der Waals surface area contributed by atoms with E-state index in [-0.39, 0.29) is 0 Å². The minimum atomic E-state index is 0.624. The van der Waals surface area contributed by atoms with Gasteiger partial charge in [-0.2, -0.15) is 0 Å². The molecule has 4 aromatic heterocycles. The summed E-state index contributed by atoms with van der Waals surface area (Å²) in [4.78, 5) is 13.1. The Morgan fingerprint density at radius 3 is 2.10 bits per heavy atom. The number of furan rings is 2. The lowest BCUT2D eigenvalue weighted by atomic mass is 9.95. The Kier molecular flexibility index (Phi) is 4.60. The van der Waals surface area contributed by atoms with Gasteiger partial charge in [0.25, 0.3) is 0 Å². The first-order chi connectivity index (χ1) is 23.8. The van der Waals surface area contributed by atoms with Crippen molar-refractivity contribution < 1.29 is 8.83 Å². The van der Waals surface area contributed by atoms with E-state index in [1.165, 1.54) is 9.79 Å². The summed E-state index contributed by atoms with van der Waals surface area (Å²) >= 11 is 1.78. The number of rotatable bonds is 1. The molecule has 0 radical (unpaired) electrons. The monoisotopic (exact) mass is 631 g/mol. The third kappa shape index (κ3) is 3.04. The van der Waals surface area contributed by atoms with Crippen LogP contribution in [0.25, 0.3) is 105 Å². The molecule has 6 heteroatoms. The fourth-order valence-electron chi connectivity index (χ4n) is 8.07. The van der Waals surface area contributed by atoms with Gasteiger partial charge >= 0.3 is 0 Å². The Morgan fingerprint density at radius 2 is 1.21 bits per heavy atom. The van der Waals surface area contributed by atoms with E-state index >= 15 is 0 Å². The molecule has 0 aliphatic carbocycles. The molecule has 0 atom stereocenters. The zero-order valence-electron chi connectivity index (χ0n) is 25.2. The number of benzene rings is 7.